The molecule has 3 fully saturated rings. The molecule has 32 heavy (non-hydrogen) atoms. The Labute approximate surface area is 193 Å². The van der Waals surface area contributed by atoms with Crippen molar-refractivity contribution in [2.75, 3.05) is 26.3 Å². The van der Waals surface area contributed by atoms with E-state index in [1.165, 1.54) is 44.1 Å². The minimum absolute atomic E-state index is 0.131. The van der Waals surface area contributed by atoms with Gasteiger partial charge in [0.25, 0.3) is 0 Å². The lowest BCUT2D eigenvalue weighted by molar-refractivity contribution is -0.164. The maximum atomic E-state index is 6.70. The first-order chi connectivity index (χ1) is 15.5. The molecule has 1 aromatic heterocycles. The second-order valence-corrected chi connectivity index (χ2v) is 11.2. The van der Waals surface area contributed by atoms with Gasteiger partial charge in [0.15, 0.2) is 0 Å². The molecule has 1 heterocycles. The number of ether oxygens (including phenoxy) is 2. The third kappa shape index (κ3) is 3.26. The smallest absolute Gasteiger partial charge is 0.102 e. The molecule has 1 aromatic rings. The van der Waals surface area contributed by atoms with Crippen molar-refractivity contribution in [3.05, 3.63) is 35.8 Å². The first-order valence-corrected chi connectivity index (χ1v) is 12.9. The number of allylic oxidation sites excluding steroid dienone is 1. The number of nitrogens with two attached hydrogens (primary N) is 2. The lowest BCUT2D eigenvalue weighted by Gasteiger charge is -2.60. The van der Waals surface area contributed by atoms with Crippen molar-refractivity contribution in [1.29, 1.82) is 0 Å². The molecule has 4 aliphatic rings. The lowest BCUT2D eigenvalue weighted by atomic mass is 9.46. The highest BCUT2D eigenvalue weighted by molar-refractivity contribution is 5.30. The number of furan rings is 1. The summed E-state index contributed by atoms with van der Waals surface area (Å²) in [6.45, 7) is 7.50. The second-order valence-electron chi connectivity index (χ2n) is 11.2. The average Bonchev–Trinajstić information content (AvgIpc) is 3.43. The van der Waals surface area contributed by atoms with Gasteiger partial charge in [0, 0.05) is 24.1 Å². The molecule has 0 aliphatic heterocycles. The zero-order chi connectivity index (χ0) is 22.4. The Bertz CT molecular complexity index is 823. The third-order valence-electron chi connectivity index (χ3n) is 10.1. The van der Waals surface area contributed by atoms with Crippen molar-refractivity contribution in [3.8, 4) is 0 Å². The zero-order valence-electron chi connectivity index (χ0n) is 20.0. The van der Waals surface area contributed by atoms with Crippen LogP contribution in [0.25, 0.3) is 0 Å². The molecule has 3 saturated carbocycles. The fraction of sp³-hybridized carbons (Fsp3) is 0.778. The molecule has 0 bridgehead atoms. The van der Waals surface area contributed by atoms with E-state index in [0.29, 0.717) is 37.6 Å². The van der Waals surface area contributed by atoms with Crippen LogP contribution in [0.3, 0.4) is 0 Å². The van der Waals surface area contributed by atoms with Gasteiger partial charge in [0.1, 0.15) is 5.60 Å². The fourth-order valence-electron chi connectivity index (χ4n) is 8.57. The SMILES string of the molecule is C[C@]12CCC(OCCN)C=C1CC[C@@H]1[C@H]2CC[C@@]2(C)[C@H]1CCC2(OCCN)c1ccoc1. The van der Waals surface area contributed by atoms with E-state index < -0.39 is 0 Å². The van der Waals surface area contributed by atoms with Crippen LogP contribution in [0.2, 0.25) is 0 Å². The summed E-state index contributed by atoms with van der Waals surface area (Å²) in [5.41, 5.74) is 14.6. The highest BCUT2D eigenvalue weighted by atomic mass is 16.5. The quantitative estimate of drug-likeness (QED) is 0.595. The van der Waals surface area contributed by atoms with Crippen LogP contribution in [0.5, 0.6) is 0 Å². The molecule has 0 radical (unpaired) electrons. The van der Waals surface area contributed by atoms with Crippen LogP contribution < -0.4 is 11.5 Å². The van der Waals surface area contributed by atoms with Crippen LogP contribution in [0, 0.1) is 28.6 Å². The van der Waals surface area contributed by atoms with Crippen molar-refractivity contribution >= 4 is 0 Å². The van der Waals surface area contributed by atoms with Crippen LogP contribution in [-0.4, -0.2) is 32.4 Å². The van der Waals surface area contributed by atoms with Gasteiger partial charge in [-0.15, -0.1) is 0 Å². The Morgan fingerprint density at radius 2 is 1.81 bits per heavy atom. The number of hydrogen-bond acceptors (Lipinski definition) is 5. The normalized spacial score (nSPS) is 43.3. The molecular weight excluding hydrogens is 400 g/mol. The maximum Gasteiger partial charge on any atom is 0.102 e. The predicted molar refractivity (Wildman–Crippen MR) is 126 cm³/mol. The van der Waals surface area contributed by atoms with Crippen molar-refractivity contribution < 1.29 is 13.9 Å². The minimum Gasteiger partial charge on any atom is -0.472 e. The van der Waals surface area contributed by atoms with Crippen molar-refractivity contribution in [2.24, 2.45) is 40.1 Å². The first kappa shape index (κ1) is 22.6. The Kier molecular flexibility index (Phi) is 6.07. The molecule has 0 amide bonds. The summed E-state index contributed by atoms with van der Waals surface area (Å²) < 4.78 is 18.3. The minimum atomic E-state index is -0.264. The second kappa shape index (κ2) is 8.57. The van der Waals surface area contributed by atoms with Crippen molar-refractivity contribution in [1.82, 2.24) is 0 Å². The van der Waals surface area contributed by atoms with Gasteiger partial charge in [-0.3, -0.25) is 0 Å². The highest BCUT2D eigenvalue weighted by Gasteiger charge is 2.65. The predicted octanol–water partition coefficient (Wildman–Crippen LogP) is 4.76. The molecule has 2 unspecified atom stereocenters. The molecule has 178 valence electrons. The van der Waals surface area contributed by atoms with E-state index in [9.17, 15) is 0 Å². The summed E-state index contributed by atoms with van der Waals surface area (Å²) in [7, 11) is 0. The van der Waals surface area contributed by atoms with E-state index in [0.717, 1.165) is 24.7 Å². The summed E-state index contributed by atoms with van der Waals surface area (Å²) in [6, 6.07) is 2.13. The van der Waals surface area contributed by atoms with Gasteiger partial charge in [-0.1, -0.05) is 25.5 Å². The summed E-state index contributed by atoms with van der Waals surface area (Å²) >= 11 is 0. The molecule has 0 saturated heterocycles. The van der Waals surface area contributed by atoms with Gasteiger partial charge in [0.05, 0.1) is 31.8 Å². The largest absolute Gasteiger partial charge is 0.472 e. The van der Waals surface area contributed by atoms with Crippen LogP contribution in [0.15, 0.2) is 34.7 Å². The van der Waals surface area contributed by atoms with E-state index >= 15 is 0 Å². The van der Waals surface area contributed by atoms with Gasteiger partial charge >= 0.3 is 0 Å². The molecule has 5 heteroatoms. The number of rotatable bonds is 7. The molecular formula is C27H42N2O3. The summed E-state index contributed by atoms with van der Waals surface area (Å²) in [5.74, 6) is 2.23. The first-order valence-electron chi connectivity index (χ1n) is 12.9. The van der Waals surface area contributed by atoms with Gasteiger partial charge in [-0.05, 0) is 80.6 Å². The van der Waals surface area contributed by atoms with E-state index in [1.54, 1.807) is 11.8 Å². The van der Waals surface area contributed by atoms with Crippen LogP contribution in [0.1, 0.15) is 70.8 Å². The topological polar surface area (TPSA) is 83.6 Å². The number of fused-ring (bicyclic) bond motifs is 5. The summed E-state index contributed by atoms with van der Waals surface area (Å²) in [6.07, 6.45) is 16.2. The monoisotopic (exact) mass is 442 g/mol. The Morgan fingerprint density at radius 3 is 2.56 bits per heavy atom. The van der Waals surface area contributed by atoms with Gasteiger partial charge in [-0.2, -0.15) is 0 Å². The molecule has 5 rings (SSSR count). The van der Waals surface area contributed by atoms with Gasteiger partial charge in [-0.25, -0.2) is 0 Å². The number of hydrogen-bond donors (Lipinski definition) is 2. The highest BCUT2D eigenvalue weighted by Crippen LogP contribution is 2.70. The zero-order valence-corrected chi connectivity index (χ0v) is 20.0. The molecule has 7 atom stereocenters. The third-order valence-corrected chi connectivity index (χ3v) is 10.1. The van der Waals surface area contributed by atoms with Crippen LogP contribution >= 0.6 is 0 Å². The van der Waals surface area contributed by atoms with Crippen molar-refractivity contribution in [3.63, 3.8) is 0 Å². The summed E-state index contributed by atoms with van der Waals surface area (Å²) in [5, 5.41) is 0. The van der Waals surface area contributed by atoms with Crippen molar-refractivity contribution in [2.45, 2.75) is 76.9 Å². The molecule has 5 nitrogen and oxygen atoms in total. The summed E-state index contributed by atoms with van der Waals surface area (Å²) in [4.78, 5) is 0. The van der Waals surface area contributed by atoms with E-state index in [2.05, 4.69) is 26.0 Å². The van der Waals surface area contributed by atoms with Gasteiger partial charge < -0.3 is 25.4 Å². The fourth-order valence-corrected chi connectivity index (χ4v) is 8.57. The Morgan fingerprint density at radius 1 is 1.00 bits per heavy atom. The lowest BCUT2D eigenvalue weighted by Crippen LogP contribution is -2.54. The van der Waals surface area contributed by atoms with E-state index in [1.807, 2.05) is 6.26 Å². The molecule has 4 aliphatic carbocycles. The van der Waals surface area contributed by atoms with Crippen LogP contribution in [-0.2, 0) is 15.1 Å². The molecule has 0 aromatic carbocycles. The molecule has 0 spiro atoms. The standard InChI is InChI=1S/C27H42N2O3/c1-25-9-5-21(31-15-12-28)17-19(25)3-4-22-23(25)6-10-26(2)24(22)7-11-27(26,32-16-13-29)20-8-14-30-18-20/h8,14,17-18,21-24H,3-7,9-13,15-16,28-29H2,1-2H3/t21?,22-,23-,24+,25+,26+,27?/m1/s1. The maximum absolute atomic E-state index is 6.70. The van der Waals surface area contributed by atoms with E-state index in [4.69, 9.17) is 25.4 Å². The molecule has 4 N–H and O–H groups in total. The average molecular weight is 443 g/mol. The van der Waals surface area contributed by atoms with E-state index in [-0.39, 0.29) is 17.1 Å². The Hall–Kier alpha value is -1.14. The van der Waals surface area contributed by atoms with Gasteiger partial charge in [0.2, 0.25) is 0 Å². The van der Waals surface area contributed by atoms with Crippen LogP contribution in [0.4, 0.5) is 0 Å². The Balaban J connectivity index is 1.43.